The molecule has 1 aromatic carbocycles. The molecule has 0 spiro atoms. The Hall–Kier alpha value is -2.99. The average Bonchev–Trinajstić information content (AvgIpc) is 3.09. The zero-order valence-corrected chi connectivity index (χ0v) is 21.1. The summed E-state index contributed by atoms with van der Waals surface area (Å²) in [6, 6.07) is 9.46. The predicted octanol–water partition coefficient (Wildman–Crippen LogP) is 4.02. The first kappa shape index (κ1) is 27.3. The summed E-state index contributed by atoms with van der Waals surface area (Å²) in [7, 11) is 0. The predicted molar refractivity (Wildman–Crippen MR) is 135 cm³/mol. The molecule has 0 bridgehead atoms. The Balaban J connectivity index is 1.93. The van der Waals surface area contributed by atoms with Crippen LogP contribution in [0.1, 0.15) is 40.5 Å². The minimum atomic E-state index is -0.928. The lowest BCUT2D eigenvalue weighted by Gasteiger charge is -2.23. The lowest BCUT2D eigenvalue weighted by molar-refractivity contribution is -0.146. The summed E-state index contributed by atoms with van der Waals surface area (Å²) in [5.74, 6) is -1.56. The van der Waals surface area contributed by atoms with Crippen molar-refractivity contribution in [3.63, 3.8) is 0 Å². The van der Waals surface area contributed by atoms with Crippen molar-refractivity contribution in [3.8, 4) is 6.07 Å². The van der Waals surface area contributed by atoms with Gasteiger partial charge in [-0.2, -0.15) is 5.26 Å². The molecule has 2 N–H and O–H groups in total. The van der Waals surface area contributed by atoms with Crippen LogP contribution < -0.4 is 10.6 Å². The van der Waals surface area contributed by atoms with Crippen LogP contribution in [0.5, 0.6) is 0 Å². The summed E-state index contributed by atoms with van der Waals surface area (Å²) in [5.41, 5.74) is 1.07. The smallest absolute Gasteiger partial charge is 0.323 e. The van der Waals surface area contributed by atoms with Crippen LogP contribution in [-0.4, -0.2) is 53.0 Å². The van der Waals surface area contributed by atoms with E-state index in [9.17, 15) is 19.6 Å². The van der Waals surface area contributed by atoms with Crippen molar-refractivity contribution in [2.75, 3.05) is 30.3 Å². The SMILES string of the molecule is C=CCOC(=O)C(C#N)CC1SC(CCNc2cccc(NC(=O)C(C)(C)C)c2)C(=O)N1CC. The van der Waals surface area contributed by atoms with Crippen molar-refractivity contribution in [2.45, 2.75) is 51.2 Å². The number of anilines is 2. The number of rotatable bonds is 11. The van der Waals surface area contributed by atoms with Gasteiger partial charge >= 0.3 is 5.97 Å². The van der Waals surface area contributed by atoms with E-state index in [-0.39, 0.29) is 35.5 Å². The van der Waals surface area contributed by atoms with Crippen molar-refractivity contribution in [2.24, 2.45) is 11.3 Å². The van der Waals surface area contributed by atoms with Crippen LogP contribution in [0.15, 0.2) is 36.9 Å². The van der Waals surface area contributed by atoms with E-state index in [2.05, 4.69) is 17.2 Å². The maximum absolute atomic E-state index is 12.9. The molecule has 0 aromatic heterocycles. The fourth-order valence-electron chi connectivity index (χ4n) is 3.40. The molecule has 1 saturated heterocycles. The molecule has 9 heteroatoms. The van der Waals surface area contributed by atoms with E-state index in [1.807, 2.05) is 58.0 Å². The molecule has 0 aliphatic carbocycles. The number of nitriles is 1. The zero-order chi connectivity index (χ0) is 25.3. The second-order valence-corrected chi connectivity index (χ2v) is 10.4. The van der Waals surface area contributed by atoms with Gasteiger partial charge < -0.3 is 20.3 Å². The van der Waals surface area contributed by atoms with Crippen LogP contribution in [-0.2, 0) is 19.1 Å². The van der Waals surface area contributed by atoms with Gasteiger partial charge in [0.2, 0.25) is 11.8 Å². The van der Waals surface area contributed by atoms with Crippen molar-refractivity contribution >= 4 is 40.9 Å². The highest BCUT2D eigenvalue weighted by Crippen LogP contribution is 2.37. The first-order valence-corrected chi connectivity index (χ1v) is 12.3. The van der Waals surface area contributed by atoms with Gasteiger partial charge in [0, 0.05) is 36.3 Å². The molecule has 2 rings (SSSR count). The fraction of sp³-hybridized carbons (Fsp3) is 0.520. The monoisotopic (exact) mass is 486 g/mol. The van der Waals surface area contributed by atoms with E-state index in [0.717, 1.165) is 5.69 Å². The topological polar surface area (TPSA) is 112 Å². The zero-order valence-electron chi connectivity index (χ0n) is 20.3. The summed E-state index contributed by atoms with van der Waals surface area (Å²) in [6.45, 7) is 12.1. The maximum atomic E-state index is 12.9. The van der Waals surface area contributed by atoms with Gasteiger partial charge in [0.1, 0.15) is 12.5 Å². The Morgan fingerprint density at radius 1 is 1.35 bits per heavy atom. The van der Waals surface area contributed by atoms with Crippen LogP contribution in [0.3, 0.4) is 0 Å². The van der Waals surface area contributed by atoms with Crippen LogP contribution in [0.4, 0.5) is 11.4 Å². The first-order valence-electron chi connectivity index (χ1n) is 11.4. The Bertz CT molecular complexity index is 938. The Labute approximate surface area is 206 Å². The largest absolute Gasteiger partial charge is 0.460 e. The molecule has 1 aliphatic rings. The number of carbonyl (C=O) groups excluding carboxylic acids is 3. The molecule has 3 atom stereocenters. The van der Waals surface area contributed by atoms with Gasteiger partial charge in [-0.25, -0.2) is 0 Å². The van der Waals surface area contributed by atoms with Gasteiger partial charge in [0.25, 0.3) is 0 Å². The number of amides is 2. The van der Waals surface area contributed by atoms with E-state index in [1.165, 1.54) is 17.8 Å². The molecule has 1 heterocycles. The number of nitrogens with zero attached hydrogens (tertiary/aromatic N) is 2. The molecule has 1 aromatic rings. The van der Waals surface area contributed by atoms with E-state index in [0.29, 0.717) is 25.2 Å². The minimum absolute atomic E-state index is 0.0154. The number of hydrogen-bond acceptors (Lipinski definition) is 7. The van der Waals surface area contributed by atoms with Crippen LogP contribution in [0, 0.1) is 22.7 Å². The summed E-state index contributed by atoms with van der Waals surface area (Å²) >= 11 is 1.49. The Morgan fingerprint density at radius 2 is 2.06 bits per heavy atom. The number of benzene rings is 1. The number of hydrogen-bond donors (Lipinski definition) is 2. The third kappa shape index (κ3) is 7.52. The van der Waals surface area contributed by atoms with Crippen molar-refractivity contribution in [1.29, 1.82) is 5.26 Å². The minimum Gasteiger partial charge on any atom is -0.460 e. The number of ether oxygens (including phenoxy) is 1. The maximum Gasteiger partial charge on any atom is 0.323 e. The standard InChI is InChI=1S/C25H34N4O4S/c1-6-13-33-23(31)17(16-26)14-21-29(7-2)22(30)20(34-21)11-12-27-18-9-8-10-19(15-18)28-24(32)25(3,4)5/h6,8-10,15,17,20-21,27H,1,7,11-14H2,2-5H3,(H,28,32). The highest BCUT2D eigenvalue weighted by molar-refractivity contribution is 8.01. The van der Waals surface area contributed by atoms with E-state index < -0.39 is 17.3 Å². The molecule has 1 aliphatic heterocycles. The van der Waals surface area contributed by atoms with Gasteiger partial charge in [-0.15, -0.1) is 11.8 Å². The number of carbonyl (C=O) groups is 3. The Kier molecular flexibility index (Phi) is 9.99. The molecule has 34 heavy (non-hydrogen) atoms. The summed E-state index contributed by atoms with van der Waals surface area (Å²) in [5, 5.41) is 15.1. The molecule has 3 unspecified atom stereocenters. The third-order valence-electron chi connectivity index (χ3n) is 5.33. The quantitative estimate of drug-likeness (QED) is 0.359. The molecule has 2 amide bonds. The van der Waals surface area contributed by atoms with Crippen LogP contribution >= 0.6 is 11.8 Å². The van der Waals surface area contributed by atoms with Crippen molar-refractivity contribution in [1.82, 2.24) is 4.90 Å². The molecule has 8 nitrogen and oxygen atoms in total. The summed E-state index contributed by atoms with van der Waals surface area (Å²) in [6.07, 6.45) is 2.28. The number of nitrogens with one attached hydrogen (secondary N) is 2. The van der Waals surface area contributed by atoms with Gasteiger partial charge in [-0.1, -0.05) is 39.5 Å². The first-order chi connectivity index (χ1) is 16.1. The van der Waals surface area contributed by atoms with Gasteiger partial charge in [-0.05, 0) is 31.5 Å². The molecular weight excluding hydrogens is 452 g/mol. The van der Waals surface area contributed by atoms with Crippen LogP contribution in [0.25, 0.3) is 0 Å². The molecule has 1 fully saturated rings. The second-order valence-electron chi connectivity index (χ2n) is 9.04. The van der Waals surface area contributed by atoms with Gasteiger partial charge in [-0.3, -0.25) is 14.4 Å². The average molecular weight is 487 g/mol. The number of thioether (sulfide) groups is 1. The normalized spacial score (nSPS) is 18.7. The second kappa shape index (κ2) is 12.5. The lowest BCUT2D eigenvalue weighted by atomic mass is 9.95. The number of esters is 1. The van der Waals surface area contributed by atoms with Crippen molar-refractivity contribution < 1.29 is 19.1 Å². The van der Waals surface area contributed by atoms with Crippen molar-refractivity contribution in [3.05, 3.63) is 36.9 Å². The third-order valence-corrected chi connectivity index (χ3v) is 6.85. The fourth-order valence-corrected chi connectivity index (χ4v) is 4.99. The Morgan fingerprint density at radius 3 is 2.68 bits per heavy atom. The van der Waals surface area contributed by atoms with Gasteiger partial charge in [0.05, 0.1) is 16.7 Å². The van der Waals surface area contributed by atoms with E-state index in [1.54, 1.807) is 4.90 Å². The summed E-state index contributed by atoms with van der Waals surface area (Å²) < 4.78 is 5.01. The van der Waals surface area contributed by atoms with E-state index >= 15 is 0 Å². The highest BCUT2D eigenvalue weighted by Gasteiger charge is 2.41. The van der Waals surface area contributed by atoms with Crippen LogP contribution in [0.2, 0.25) is 0 Å². The highest BCUT2D eigenvalue weighted by atomic mass is 32.2. The van der Waals surface area contributed by atoms with E-state index in [4.69, 9.17) is 4.74 Å². The molecular formula is C25H34N4O4S. The molecule has 0 radical (unpaired) electrons. The molecule has 184 valence electrons. The molecule has 0 saturated carbocycles. The lowest BCUT2D eigenvalue weighted by Crippen LogP contribution is -2.36. The van der Waals surface area contributed by atoms with Gasteiger partial charge in [0.15, 0.2) is 0 Å². The summed E-state index contributed by atoms with van der Waals surface area (Å²) in [4.78, 5) is 39.0.